The minimum Gasteiger partial charge on any atom is -0.337 e. The van der Waals surface area contributed by atoms with E-state index < -0.39 is 0 Å². The molecule has 122 valence electrons. The van der Waals surface area contributed by atoms with Crippen molar-refractivity contribution in [2.75, 3.05) is 26.7 Å². The number of likely N-dealkylation sites (N-methyl/N-ethyl adjacent to an activating group) is 1. The zero-order chi connectivity index (χ0) is 16.1. The number of rotatable bonds is 5. The Hall–Kier alpha value is -1.06. The van der Waals surface area contributed by atoms with Crippen LogP contribution < -0.4 is 0 Å². The normalized spacial score (nSPS) is 17.5. The highest BCUT2D eigenvalue weighted by molar-refractivity contribution is 6.30. The average Bonchev–Trinajstić information content (AvgIpc) is 2.53. The molecule has 1 aromatic rings. The third-order valence-electron chi connectivity index (χ3n) is 4.57. The van der Waals surface area contributed by atoms with E-state index in [2.05, 4.69) is 18.7 Å². The summed E-state index contributed by atoms with van der Waals surface area (Å²) in [6, 6.07) is 7.40. The number of benzene rings is 1. The zero-order valence-electron chi connectivity index (χ0n) is 13.9. The quantitative estimate of drug-likeness (QED) is 0.820. The van der Waals surface area contributed by atoms with Crippen molar-refractivity contribution >= 4 is 17.5 Å². The minimum atomic E-state index is 0.0763. The molecule has 0 radical (unpaired) electrons. The maximum absolute atomic E-state index is 12.7. The molecule has 4 heteroatoms. The lowest BCUT2D eigenvalue weighted by molar-refractivity contribution is 0.0611. The van der Waals surface area contributed by atoms with Crippen molar-refractivity contribution in [1.82, 2.24) is 9.80 Å². The standard InChI is InChI=1S/C18H27ClN2O/c1-14(2)17(13-21-11-5-4-6-12-21)20(3)18(22)15-7-9-16(19)10-8-15/h7-10,14,17H,4-6,11-13H2,1-3H3/t17-/m1/s1. The van der Waals surface area contributed by atoms with Crippen LogP contribution in [0.2, 0.25) is 5.02 Å². The zero-order valence-corrected chi connectivity index (χ0v) is 14.6. The Kier molecular flexibility index (Phi) is 6.27. The van der Waals surface area contributed by atoms with Crippen LogP contribution in [0.4, 0.5) is 0 Å². The van der Waals surface area contributed by atoms with Gasteiger partial charge in [-0.05, 0) is 56.1 Å². The Labute approximate surface area is 139 Å². The van der Waals surface area contributed by atoms with Crippen LogP contribution in [0.25, 0.3) is 0 Å². The fraction of sp³-hybridized carbons (Fsp3) is 0.611. The number of piperidine rings is 1. The number of hydrogen-bond acceptors (Lipinski definition) is 2. The van der Waals surface area contributed by atoms with E-state index in [1.165, 1.54) is 19.3 Å². The van der Waals surface area contributed by atoms with Gasteiger partial charge in [0.05, 0.1) is 0 Å². The molecule has 0 saturated carbocycles. The fourth-order valence-electron chi connectivity index (χ4n) is 3.13. The third-order valence-corrected chi connectivity index (χ3v) is 4.82. The summed E-state index contributed by atoms with van der Waals surface area (Å²) in [5.74, 6) is 0.510. The highest BCUT2D eigenvalue weighted by Crippen LogP contribution is 2.18. The monoisotopic (exact) mass is 322 g/mol. The van der Waals surface area contributed by atoms with Crippen molar-refractivity contribution in [3.05, 3.63) is 34.9 Å². The molecule has 0 bridgehead atoms. The molecule has 0 unspecified atom stereocenters. The second kappa shape index (κ2) is 7.98. The molecule has 22 heavy (non-hydrogen) atoms. The number of amides is 1. The largest absolute Gasteiger partial charge is 0.337 e. The molecule has 0 spiro atoms. The van der Waals surface area contributed by atoms with E-state index in [4.69, 9.17) is 11.6 Å². The highest BCUT2D eigenvalue weighted by Gasteiger charge is 2.26. The van der Waals surface area contributed by atoms with Crippen LogP contribution in [-0.4, -0.2) is 48.4 Å². The van der Waals surface area contributed by atoms with Crippen LogP contribution >= 0.6 is 11.6 Å². The van der Waals surface area contributed by atoms with E-state index in [1.54, 1.807) is 24.3 Å². The molecule has 1 amide bonds. The average molecular weight is 323 g/mol. The van der Waals surface area contributed by atoms with Gasteiger partial charge in [0, 0.05) is 30.2 Å². The van der Waals surface area contributed by atoms with Gasteiger partial charge in [0.15, 0.2) is 0 Å². The molecular weight excluding hydrogens is 296 g/mol. The van der Waals surface area contributed by atoms with Crippen molar-refractivity contribution in [2.45, 2.75) is 39.2 Å². The van der Waals surface area contributed by atoms with Crippen molar-refractivity contribution in [3.63, 3.8) is 0 Å². The van der Waals surface area contributed by atoms with E-state index in [1.807, 2.05) is 11.9 Å². The van der Waals surface area contributed by atoms with Gasteiger partial charge < -0.3 is 9.80 Å². The van der Waals surface area contributed by atoms with Crippen LogP contribution in [0.15, 0.2) is 24.3 Å². The molecule has 1 heterocycles. The second-order valence-corrected chi connectivity index (χ2v) is 7.03. The van der Waals surface area contributed by atoms with Crippen LogP contribution in [0.3, 0.4) is 0 Å². The lowest BCUT2D eigenvalue weighted by Gasteiger charge is -2.37. The molecule has 1 atom stereocenters. The number of likely N-dealkylation sites (tertiary alicyclic amines) is 1. The first-order valence-electron chi connectivity index (χ1n) is 8.24. The van der Waals surface area contributed by atoms with Crippen LogP contribution in [0, 0.1) is 5.92 Å². The van der Waals surface area contributed by atoms with E-state index in [9.17, 15) is 4.79 Å². The van der Waals surface area contributed by atoms with E-state index in [0.717, 1.165) is 19.6 Å². The summed E-state index contributed by atoms with van der Waals surface area (Å²) in [7, 11) is 1.92. The van der Waals surface area contributed by atoms with Gasteiger partial charge >= 0.3 is 0 Å². The fourth-order valence-corrected chi connectivity index (χ4v) is 3.26. The summed E-state index contributed by atoms with van der Waals surface area (Å²) in [5.41, 5.74) is 0.705. The number of carbonyl (C=O) groups is 1. The van der Waals surface area contributed by atoms with Crippen LogP contribution in [0.1, 0.15) is 43.5 Å². The van der Waals surface area contributed by atoms with Gasteiger partial charge in [0.25, 0.3) is 5.91 Å². The summed E-state index contributed by atoms with van der Waals surface area (Å²) in [5, 5.41) is 0.660. The summed E-state index contributed by atoms with van der Waals surface area (Å²) in [6.45, 7) is 7.67. The molecule has 3 nitrogen and oxygen atoms in total. The van der Waals surface area contributed by atoms with Gasteiger partial charge in [0.2, 0.25) is 0 Å². The summed E-state index contributed by atoms with van der Waals surface area (Å²) in [6.07, 6.45) is 3.89. The predicted octanol–water partition coefficient (Wildman–Crippen LogP) is 3.92. The van der Waals surface area contributed by atoms with Gasteiger partial charge in [-0.1, -0.05) is 31.9 Å². The lowest BCUT2D eigenvalue weighted by Crippen LogP contribution is -2.48. The highest BCUT2D eigenvalue weighted by atomic mass is 35.5. The molecule has 2 rings (SSSR count). The first-order valence-corrected chi connectivity index (χ1v) is 8.62. The van der Waals surface area contributed by atoms with Crippen LogP contribution in [-0.2, 0) is 0 Å². The Bertz CT molecular complexity index is 480. The molecule has 1 aromatic carbocycles. The summed E-state index contributed by atoms with van der Waals surface area (Å²) >= 11 is 5.91. The summed E-state index contributed by atoms with van der Waals surface area (Å²) < 4.78 is 0. The Morgan fingerprint density at radius 3 is 2.32 bits per heavy atom. The number of halogens is 1. The summed E-state index contributed by atoms with van der Waals surface area (Å²) in [4.78, 5) is 17.1. The van der Waals surface area contributed by atoms with E-state index >= 15 is 0 Å². The van der Waals surface area contributed by atoms with Crippen molar-refractivity contribution in [3.8, 4) is 0 Å². The molecule has 1 aliphatic heterocycles. The smallest absolute Gasteiger partial charge is 0.253 e. The number of carbonyl (C=O) groups excluding carboxylic acids is 1. The Balaban J connectivity index is 2.06. The first-order chi connectivity index (χ1) is 10.5. The maximum atomic E-state index is 12.7. The molecule has 0 N–H and O–H groups in total. The van der Waals surface area contributed by atoms with E-state index in [0.29, 0.717) is 16.5 Å². The number of nitrogens with zero attached hydrogens (tertiary/aromatic N) is 2. The van der Waals surface area contributed by atoms with E-state index in [-0.39, 0.29) is 11.9 Å². The minimum absolute atomic E-state index is 0.0763. The Morgan fingerprint density at radius 2 is 1.77 bits per heavy atom. The number of hydrogen-bond donors (Lipinski definition) is 0. The Morgan fingerprint density at radius 1 is 1.18 bits per heavy atom. The third kappa shape index (κ3) is 4.47. The second-order valence-electron chi connectivity index (χ2n) is 6.60. The molecule has 1 saturated heterocycles. The topological polar surface area (TPSA) is 23.6 Å². The SMILES string of the molecule is CC(C)[C@@H](CN1CCCCC1)N(C)C(=O)c1ccc(Cl)cc1. The first kappa shape index (κ1) is 17.3. The van der Waals surface area contributed by atoms with Gasteiger partial charge in [-0.25, -0.2) is 0 Å². The van der Waals surface area contributed by atoms with Crippen molar-refractivity contribution in [1.29, 1.82) is 0 Å². The molecular formula is C18H27ClN2O. The lowest BCUT2D eigenvalue weighted by atomic mass is 10.00. The predicted molar refractivity (Wildman–Crippen MR) is 92.5 cm³/mol. The van der Waals surface area contributed by atoms with Crippen LogP contribution in [0.5, 0.6) is 0 Å². The van der Waals surface area contributed by atoms with Crippen molar-refractivity contribution in [2.24, 2.45) is 5.92 Å². The maximum Gasteiger partial charge on any atom is 0.253 e. The molecule has 0 aromatic heterocycles. The van der Waals surface area contributed by atoms with Gasteiger partial charge in [0.1, 0.15) is 0 Å². The van der Waals surface area contributed by atoms with Gasteiger partial charge in [-0.15, -0.1) is 0 Å². The van der Waals surface area contributed by atoms with Gasteiger partial charge in [-0.3, -0.25) is 4.79 Å². The van der Waals surface area contributed by atoms with Crippen molar-refractivity contribution < 1.29 is 4.79 Å². The molecule has 1 aliphatic rings. The molecule has 0 aliphatic carbocycles. The molecule has 1 fully saturated rings. The van der Waals surface area contributed by atoms with Gasteiger partial charge in [-0.2, -0.15) is 0 Å².